The Kier molecular flexibility index (Phi) is 5.14. The monoisotopic (exact) mass is 399 g/mol. The SMILES string of the molecule is N#C/C(=C\c1ccc(-c2cccc([N+](=O)[O-])c2)o1)C(=O)N1CCc2ccccc2C1. The molecule has 4 rings (SSSR count). The van der Waals surface area contributed by atoms with Crippen LogP contribution in [0.1, 0.15) is 16.9 Å². The van der Waals surface area contributed by atoms with Crippen LogP contribution in [0.25, 0.3) is 17.4 Å². The zero-order chi connectivity index (χ0) is 21.1. The quantitative estimate of drug-likeness (QED) is 0.281. The number of benzene rings is 2. The lowest BCUT2D eigenvalue weighted by atomic mass is 9.99. The van der Waals surface area contributed by atoms with Crippen molar-refractivity contribution in [3.05, 3.63) is 93.2 Å². The Morgan fingerprint density at radius 2 is 1.93 bits per heavy atom. The number of fused-ring (bicyclic) bond motifs is 1. The minimum Gasteiger partial charge on any atom is -0.457 e. The number of hydrogen-bond acceptors (Lipinski definition) is 5. The van der Waals surface area contributed by atoms with E-state index in [-0.39, 0.29) is 17.2 Å². The Hall–Kier alpha value is -4.18. The van der Waals surface area contributed by atoms with Gasteiger partial charge in [-0.3, -0.25) is 14.9 Å². The maximum absolute atomic E-state index is 12.9. The number of nitrogens with zero attached hydrogens (tertiary/aromatic N) is 3. The van der Waals surface area contributed by atoms with Crippen molar-refractivity contribution in [2.45, 2.75) is 13.0 Å². The van der Waals surface area contributed by atoms with Gasteiger partial charge in [-0.05, 0) is 29.7 Å². The van der Waals surface area contributed by atoms with Gasteiger partial charge in [-0.25, -0.2) is 0 Å². The Morgan fingerprint density at radius 3 is 2.70 bits per heavy atom. The van der Waals surface area contributed by atoms with Crippen LogP contribution in [0.15, 0.2) is 70.7 Å². The van der Waals surface area contributed by atoms with Gasteiger partial charge in [0.15, 0.2) is 0 Å². The van der Waals surface area contributed by atoms with Crippen molar-refractivity contribution in [1.82, 2.24) is 4.90 Å². The van der Waals surface area contributed by atoms with Crippen LogP contribution in [0.2, 0.25) is 0 Å². The summed E-state index contributed by atoms with van der Waals surface area (Å²) in [6.45, 7) is 1.01. The normalized spacial score (nSPS) is 13.4. The fourth-order valence-electron chi connectivity index (χ4n) is 3.48. The highest BCUT2D eigenvalue weighted by Crippen LogP contribution is 2.27. The second-order valence-electron chi connectivity index (χ2n) is 6.92. The summed E-state index contributed by atoms with van der Waals surface area (Å²) in [7, 11) is 0. The third kappa shape index (κ3) is 3.84. The van der Waals surface area contributed by atoms with Crippen LogP contribution in [-0.4, -0.2) is 22.3 Å². The van der Waals surface area contributed by atoms with E-state index in [1.54, 1.807) is 29.2 Å². The molecule has 0 spiro atoms. The van der Waals surface area contributed by atoms with E-state index < -0.39 is 4.92 Å². The molecule has 30 heavy (non-hydrogen) atoms. The van der Waals surface area contributed by atoms with Gasteiger partial charge in [0, 0.05) is 36.9 Å². The van der Waals surface area contributed by atoms with E-state index in [9.17, 15) is 20.2 Å². The summed E-state index contributed by atoms with van der Waals surface area (Å²) in [5.41, 5.74) is 2.78. The second-order valence-corrected chi connectivity index (χ2v) is 6.92. The number of non-ortho nitro benzene ring substituents is 1. The van der Waals surface area contributed by atoms with Crippen LogP contribution in [0.3, 0.4) is 0 Å². The lowest BCUT2D eigenvalue weighted by Gasteiger charge is -2.28. The molecule has 7 heteroatoms. The minimum atomic E-state index is -0.476. The smallest absolute Gasteiger partial charge is 0.270 e. The highest BCUT2D eigenvalue weighted by Gasteiger charge is 2.23. The molecule has 1 amide bonds. The van der Waals surface area contributed by atoms with Gasteiger partial charge < -0.3 is 9.32 Å². The van der Waals surface area contributed by atoms with Gasteiger partial charge >= 0.3 is 0 Å². The van der Waals surface area contributed by atoms with Crippen molar-refractivity contribution in [3.8, 4) is 17.4 Å². The van der Waals surface area contributed by atoms with Crippen molar-refractivity contribution < 1.29 is 14.1 Å². The van der Waals surface area contributed by atoms with Crippen LogP contribution in [0, 0.1) is 21.4 Å². The van der Waals surface area contributed by atoms with Crippen LogP contribution in [0.4, 0.5) is 5.69 Å². The Morgan fingerprint density at radius 1 is 1.13 bits per heavy atom. The number of furan rings is 1. The fourth-order valence-corrected chi connectivity index (χ4v) is 3.48. The largest absolute Gasteiger partial charge is 0.457 e. The zero-order valence-electron chi connectivity index (χ0n) is 15.9. The molecule has 1 aromatic heterocycles. The Labute approximate surface area is 172 Å². The van der Waals surface area contributed by atoms with Crippen LogP contribution < -0.4 is 0 Å². The third-order valence-corrected chi connectivity index (χ3v) is 5.02. The molecule has 0 atom stereocenters. The second kappa shape index (κ2) is 8.05. The molecule has 2 heterocycles. The molecule has 148 valence electrons. The molecule has 0 radical (unpaired) electrons. The first kappa shape index (κ1) is 19.2. The molecule has 0 aliphatic carbocycles. The van der Waals surface area contributed by atoms with Crippen LogP contribution in [-0.2, 0) is 17.8 Å². The number of rotatable bonds is 4. The predicted octanol–water partition coefficient (Wildman–Crippen LogP) is 4.35. The Bertz CT molecular complexity index is 1200. The van der Waals surface area contributed by atoms with E-state index in [0.29, 0.717) is 30.2 Å². The van der Waals surface area contributed by atoms with E-state index in [1.807, 2.05) is 24.3 Å². The molecule has 2 aromatic carbocycles. The predicted molar refractivity (Wildman–Crippen MR) is 110 cm³/mol. The summed E-state index contributed by atoms with van der Waals surface area (Å²) in [5.74, 6) is 0.403. The molecule has 1 aliphatic rings. The highest BCUT2D eigenvalue weighted by atomic mass is 16.6. The lowest BCUT2D eigenvalue weighted by molar-refractivity contribution is -0.384. The molecular formula is C23H17N3O4. The number of carbonyl (C=O) groups is 1. The van der Waals surface area contributed by atoms with Gasteiger partial charge in [0.2, 0.25) is 0 Å². The number of carbonyl (C=O) groups excluding carboxylic acids is 1. The highest BCUT2D eigenvalue weighted by molar-refractivity contribution is 6.01. The number of nitriles is 1. The lowest BCUT2D eigenvalue weighted by Crippen LogP contribution is -2.36. The zero-order valence-corrected chi connectivity index (χ0v) is 15.9. The van der Waals surface area contributed by atoms with Crippen molar-refractivity contribution in [2.24, 2.45) is 0 Å². The molecule has 0 unspecified atom stereocenters. The fraction of sp³-hybridized carbons (Fsp3) is 0.130. The van der Waals surface area contributed by atoms with Gasteiger partial charge in [0.25, 0.3) is 11.6 Å². The molecule has 7 nitrogen and oxygen atoms in total. The number of nitro groups is 1. The topological polar surface area (TPSA) is 100 Å². The van der Waals surface area contributed by atoms with Crippen molar-refractivity contribution in [1.29, 1.82) is 5.26 Å². The first-order valence-corrected chi connectivity index (χ1v) is 9.37. The minimum absolute atomic E-state index is 0.0191. The van der Waals surface area contributed by atoms with Crippen LogP contribution >= 0.6 is 0 Å². The molecule has 0 saturated heterocycles. The molecule has 0 bridgehead atoms. The van der Waals surface area contributed by atoms with E-state index in [0.717, 1.165) is 12.0 Å². The van der Waals surface area contributed by atoms with Gasteiger partial charge in [-0.1, -0.05) is 36.4 Å². The van der Waals surface area contributed by atoms with Crippen molar-refractivity contribution >= 4 is 17.7 Å². The number of hydrogen-bond donors (Lipinski definition) is 0. The summed E-state index contributed by atoms with van der Waals surface area (Å²) < 4.78 is 5.71. The number of nitro benzene ring substituents is 1. The van der Waals surface area contributed by atoms with E-state index in [1.165, 1.54) is 23.8 Å². The molecule has 0 N–H and O–H groups in total. The van der Waals surface area contributed by atoms with Gasteiger partial charge in [-0.15, -0.1) is 0 Å². The van der Waals surface area contributed by atoms with Gasteiger partial charge in [0.05, 0.1) is 4.92 Å². The third-order valence-electron chi connectivity index (χ3n) is 5.02. The summed E-state index contributed by atoms with van der Waals surface area (Å²) in [5, 5.41) is 20.5. The van der Waals surface area contributed by atoms with E-state index in [2.05, 4.69) is 6.07 Å². The maximum atomic E-state index is 12.9. The molecule has 0 fully saturated rings. The standard InChI is InChI=1S/C23H17N3O4/c24-14-19(23(27)25-11-10-16-4-1-2-5-18(16)15-25)13-21-8-9-22(30-21)17-6-3-7-20(12-17)26(28)29/h1-9,12-13H,10-11,15H2/b19-13+. The van der Waals surface area contributed by atoms with Crippen molar-refractivity contribution in [3.63, 3.8) is 0 Å². The Balaban J connectivity index is 1.55. The summed E-state index contributed by atoms with van der Waals surface area (Å²) in [6, 6.07) is 19.3. The summed E-state index contributed by atoms with van der Waals surface area (Å²) in [6.07, 6.45) is 2.15. The molecule has 3 aromatic rings. The van der Waals surface area contributed by atoms with Crippen molar-refractivity contribution in [2.75, 3.05) is 6.54 Å². The first-order valence-electron chi connectivity index (χ1n) is 9.37. The van der Waals surface area contributed by atoms with Gasteiger partial charge in [-0.2, -0.15) is 5.26 Å². The molecule has 1 aliphatic heterocycles. The van der Waals surface area contributed by atoms with Crippen LogP contribution in [0.5, 0.6) is 0 Å². The first-order chi connectivity index (χ1) is 14.5. The number of amides is 1. The summed E-state index contributed by atoms with van der Waals surface area (Å²) in [4.78, 5) is 25.0. The maximum Gasteiger partial charge on any atom is 0.270 e. The molecule has 0 saturated carbocycles. The van der Waals surface area contributed by atoms with E-state index >= 15 is 0 Å². The van der Waals surface area contributed by atoms with Gasteiger partial charge in [0.1, 0.15) is 23.2 Å². The summed E-state index contributed by atoms with van der Waals surface area (Å²) >= 11 is 0. The molecular weight excluding hydrogens is 382 g/mol. The average Bonchev–Trinajstić information content (AvgIpc) is 3.25. The average molecular weight is 399 g/mol. The van der Waals surface area contributed by atoms with E-state index in [4.69, 9.17) is 4.42 Å².